The summed E-state index contributed by atoms with van der Waals surface area (Å²) in [5.74, 6) is 0.613. The van der Waals surface area contributed by atoms with Crippen molar-refractivity contribution in [3.05, 3.63) is 60.7 Å². The lowest BCUT2D eigenvalue weighted by atomic mass is 9.95. The molecule has 2 aromatic rings. The number of rotatable bonds is 4. The van der Waals surface area contributed by atoms with Crippen LogP contribution in [0, 0.1) is 5.92 Å². The van der Waals surface area contributed by atoms with Crippen molar-refractivity contribution in [2.45, 2.75) is 19.3 Å². The van der Waals surface area contributed by atoms with E-state index in [4.69, 9.17) is 0 Å². The number of nitrogens with zero attached hydrogens (tertiary/aromatic N) is 1. The highest BCUT2D eigenvalue weighted by atomic mass is 16.2. The summed E-state index contributed by atoms with van der Waals surface area (Å²) in [6.45, 7) is 2.02. The normalized spacial score (nSPS) is 17.9. The fourth-order valence-electron chi connectivity index (χ4n) is 3.03. The van der Waals surface area contributed by atoms with Gasteiger partial charge in [0.2, 0.25) is 5.91 Å². The third-order valence-corrected chi connectivity index (χ3v) is 4.14. The van der Waals surface area contributed by atoms with Gasteiger partial charge < -0.3 is 5.32 Å². The zero-order chi connectivity index (χ0) is 15.2. The van der Waals surface area contributed by atoms with Gasteiger partial charge in [-0.3, -0.25) is 9.69 Å². The summed E-state index contributed by atoms with van der Waals surface area (Å²) in [4.78, 5) is 14.8. The summed E-state index contributed by atoms with van der Waals surface area (Å²) in [6, 6.07) is 19.8. The van der Waals surface area contributed by atoms with E-state index in [2.05, 4.69) is 5.32 Å². The lowest BCUT2D eigenvalue weighted by Crippen LogP contribution is -2.34. The molecule has 1 atom stereocenters. The number of amides is 1. The Bertz CT molecular complexity index is 552. The Morgan fingerprint density at radius 2 is 1.59 bits per heavy atom. The quantitative estimate of drug-likeness (QED) is 0.931. The first-order valence-electron chi connectivity index (χ1n) is 7.98. The summed E-state index contributed by atoms with van der Waals surface area (Å²) in [7, 11) is 0. The Morgan fingerprint density at radius 3 is 2.09 bits per heavy atom. The standard InChI is InChI=1S/C19H22N2O/c22-19(14-16-8-7-13-20-15-16)21(17-9-3-1-4-10-17)18-11-5-2-6-12-18/h1-6,9-12,16,20H,7-8,13-15H2. The van der Waals surface area contributed by atoms with Gasteiger partial charge in [-0.15, -0.1) is 0 Å². The van der Waals surface area contributed by atoms with Crippen molar-refractivity contribution in [2.75, 3.05) is 18.0 Å². The van der Waals surface area contributed by atoms with Crippen LogP contribution >= 0.6 is 0 Å². The Balaban J connectivity index is 1.83. The number of nitrogens with one attached hydrogen (secondary N) is 1. The van der Waals surface area contributed by atoms with Crippen molar-refractivity contribution >= 4 is 17.3 Å². The zero-order valence-electron chi connectivity index (χ0n) is 12.7. The largest absolute Gasteiger partial charge is 0.316 e. The van der Waals surface area contributed by atoms with Crippen LogP contribution in [0.1, 0.15) is 19.3 Å². The molecule has 1 fully saturated rings. The van der Waals surface area contributed by atoms with Crippen molar-refractivity contribution < 1.29 is 4.79 Å². The minimum atomic E-state index is 0.172. The van der Waals surface area contributed by atoms with Crippen molar-refractivity contribution in [3.63, 3.8) is 0 Å². The zero-order valence-corrected chi connectivity index (χ0v) is 12.7. The lowest BCUT2D eigenvalue weighted by molar-refractivity contribution is -0.118. The van der Waals surface area contributed by atoms with E-state index in [1.165, 1.54) is 0 Å². The molecular formula is C19H22N2O. The van der Waals surface area contributed by atoms with E-state index >= 15 is 0 Å². The van der Waals surface area contributed by atoms with E-state index in [1.54, 1.807) is 0 Å². The number of benzene rings is 2. The van der Waals surface area contributed by atoms with Crippen molar-refractivity contribution in [2.24, 2.45) is 5.92 Å². The number of hydrogen-bond acceptors (Lipinski definition) is 2. The first-order valence-corrected chi connectivity index (χ1v) is 7.98. The van der Waals surface area contributed by atoms with E-state index in [-0.39, 0.29) is 5.91 Å². The molecule has 1 amide bonds. The molecule has 3 rings (SSSR count). The predicted octanol–water partition coefficient (Wildman–Crippen LogP) is 3.74. The van der Waals surface area contributed by atoms with Gasteiger partial charge in [0, 0.05) is 17.8 Å². The molecule has 1 heterocycles. The molecule has 114 valence electrons. The van der Waals surface area contributed by atoms with Crippen LogP contribution in [-0.4, -0.2) is 19.0 Å². The van der Waals surface area contributed by atoms with E-state index in [9.17, 15) is 4.79 Å². The van der Waals surface area contributed by atoms with Gasteiger partial charge in [-0.2, -0.15) is 0 Å². The molecule has 1 aliphatic heterocycles. The Hall–Kier alpha value is -2.13. The van der Waals surface area contributed by atoms with E-state index < -0.39 is 0 Å². The summed E-state index contributed by atoms with van der Waals surface area (Å²) >= 11 is 0. The van der Waals surface area contributed by atoms with Crippen molar-refractivity contribution in [1.29, 1.82) is 0 Å². The number of hydrogen-bond donors (Lipinski definition) is 1. The van der Waals surface area contributed by atoms with E-state index in [0.29, 0.717) is 12.3 Å². The Kier molecular flexibility index (Phi) is 4.86. The third-order valence-electron chi connectivity index (χ3n) is 4.14. The number of anilines is 2. The van der Waals surface area contributed by atoms with Gasteiger partial charge in [0.25, 0.3) is 0 Å². The second kappa shape index (κ2) is 7.23. The maximum Gasteiger partial charge on any atom is 0.231 e. The van der Waals surface area contributed by atoms with Crippen LogP contribution < -0.4 is 10.2 Å². The smallest absolute Gasteiger partial charge is 0.231 e. The average Bonchev–Trinajstić information content (AvgIpc) is 2.58. The van der Waals surface area contributed by atoms with Crippen LogP contribution in [-0.2, 0) is 4.79 Å². The molecule has 0 aliphatic carbocycles. The molecule has 0 saturated carbocycles. The molecule has 1 N–H and O–H groups in total. The molecule has 2 aromatic carbocycles. The molecule has 3 heteroatoms. The highest BCUT2D eigenvalue weighted by Gasteiger charge is 2.23. The number of carbonyl (C=O) groups excluding carboxylic acids is 1. The van der Waals surface area contributed by atoms with Crippen LogP contribution in [0.3, 0.4) is 0 Å². The van der Waals surface area contributed by atoms with Gasteiger partial charge in [-0.1, -0.05) is 36.4 Å². The number of piperidine rings is 1. The molecule has 22 heavy (non-hydrogen) atoms. The van der Waals surface area contributed by atoms with E-state index in [0.717, 1.165) is 37.3 Å². The van der Waals surface area contributed by atoms with Crippen molar-refractivity contribution in [3.8, 4) is 0 Å². The second-order valence-electron chi connectivity index (χ2n) is 5.82. The predicted molar refractivity (Wildman–Crippen MR) is 90.2 cm³/mol. The summed E-state index contributed by atoms with van der Waals surface area (Å²) in [6.07, 6.45) is 2.89. The molecule has 0 radical (unpaired) electrons. The molecule has 1 unspecified atom stereocenters. The first-order chi connectivity index (χ1) is 10.8. The second-order valence-corrected chi connectivity index (χ2v) is 5.82. The summed E-state index contributed by atoms with van der Waals surface area (Å²) in [5.41, 5.74) is 1.87. The third kappa shape index (κ3) is 3.55. The monoisotopic (exact) mass is 294 g/mol. The maximum absolute atomic E-state index is 12.9. The van der Waals surface area contributed by atoms with Crippen LogP contribution in [0.5, 0.6) is 0 Å². The van der Waals surface area contributed by atoms with Gasteiger partial charge in [0.05, 0.1) is 0 Å². The Labute approximate surface area is 132 Å². The van der Waals surface area contributed by atoms with Gasteiger partial charge >= 0.3 is 0 Å². The van der Waals surface area contributed by atoms with Crippen LogP contribution in [0.25, 0.3) is 0 Å². The van der Waals surface area contributed by atoms with Crippen LogP contribution in [0.2, 0.25) is 0 Å². The first kappa shape index (κ1) is 14.8. The molecule has 0 spiro atoms. The van der Waals surface area contributed by atoms with Gasteiger partial charge in [-0.25, -0.2) is 0 Å². The van der Waals surface area contributed by atoms with Crippen LogP contribution in [0.15, 0.2) is 60.7 Å². The minimum absolute atomic E-state index is 0.172. The fraction of sp³-hybridized carbons (Fsp3) is 0.316. The molecule has 0 aromatic heterocycles. The molecule has 1 aliphatic rings. The molecule has 3 nitrogen and oxygen atoms in total. The summed E-state index contributed by atoms with van der Waals surface area (Å²) < 4.78 is 0. The van der Waals surface area contributed by atoms with E-state index in [1.807, 2.05) is 65.6 Å². The molecule has 1 saturated heterocycles. The minimum Gasteiger partial charge on any atom is -0.316 e. The lowest BCUT2D eigenvalue weighted by Gasteiger charge is -2.27. The van der Waals surface area contributed by atoms with Gasteiger partial charge in [0.15, 0.2) is 0 Å². The average molecular weight is 294 g/mol. The van der Waals surface area contributed by atoms with Crippen molar-refractivity contribution in [1.82, 2.24) is 5.32 Å². The summed E-state index contributed by atoms with van der Waals surface area (Å²) in [5, 5.41) is 3.39. The van der Waals surface area contributed by atoms with Crippen LogP contribution in [0.4, 0.5) is 11.4 Å². The molecular weight excluding hydrogens is 272 g/mol. The number of carbonyl (C=O) groups is 1. The van der Waals surface area contributed by atoms with Gasteiger partial charge in [0.1, 0.15) is 0 Å². The number of para-hydroxylation sites is 2. The highest BCUT2D eigenvalue weighted by molar-refractivity contribution is 6.00. The fourth-order valence-corrected chi connectivity index (χ4v) is 3.03. The molecule has 0 bridgehead atoms. The highest BCUT2D eigenvalue weighted by Crippen LogP contribution is 2.27. The topological polar surface area (TPSA) is 32.3 Å². The Morgan fingerprint density at radius 1 is 1.00 bits per heavy atom. The maximum atomic E-state index is 12.9. The SMILES string of the molecule is O=C(CC1CCCNC1)N(c1ccccc1)c1ccccc1. The van der Waals surface area contributed by atoms with Gasteiger partial charge in [-0.05, 0) is 56.1 Å².